The molecule has 3 rings (SSSR count). The van der Waals surface area contributed by atoms with E-state index in [0.29, 0.717) is 6.42 Å². The maximum Gasteiger partial charge on any atom is 0.227 e. The lowest BCUT2D eigenvalue weighted by Gasteiger charge is -2.27. The first-order chi connectivity index (χ1) is 11.6. The summed E-state index contributed by atoms with van der Waals surface area (Å²) >= 11 is 0. The molecule has 4 heteroatoms. The van der Waals surface area contributed by atoms with Crippen molar-refractivity contribution in [3.8, 4) is 5.75 Å². The molecule has 2 N–H and O–H groups in total. The third kappa shape index (κ3) is 3.95. The monoisotopic (exact) mass is 325 g/mol. The van der Waals surface area contributed by atoms with Gasteiger partial charge in [0, 0.05) is 12.6 Å². The minimum absolute atomic E-state index is 0.0587. The number of amides is 1. The number of nitrogens with zero attached hydrogens (tertiary/aromatic N) is 1. The predicted octanol–water partition coefficient (Wildman–Crippen LogP) is 3.05. The van der Waals surface area contributed by atoms with Crippen LogP contribution >= 0.6 is 0 Å². The summed E-state index contributed by atoms with van der Waals surface area (Å²) < 4.78 is 0. The number of carbonyl (C=O) groups excluding carboxylic acids is 1. The molecule has 1 saturated heterocycles. The zero-order chi connectivity index (χ0) is 16.9. The molecule has 126 valence electrons. The molecule has 2 unspecified atom stereocenters. The minimum Gasteiger partial charge on any atom is -0.508 e. The molecular weight excluding hydrogens is 302 g/mol. The Hall–Kier alpha value is -2.33. The number of phenols is 1. The lowest BCUT2D eigenvalue weighted by atomic mass is 10.00. The number of aromatic hydroxyl groups is 1. The number of aliphatic hydroxyl groups is 1. The Balaban J connectivity index is 1.63. The molecule has 1 heterocycles. The molecule has 0 aliphatic carbocycles. The fourth-order valence-corrected chi connectivity index (χ4v) is 3.42. The lowest BCUT2D eigenvalue weighted by Crippen LogP contribution is -2.37. The van der Waals surface area contributed by atoms with Gasteiger partial charge in [0.2, 0.25) is 5.91 Å². The molecule has 1 aliphatic heterocycles. The van der Waals surface area contributed by atoms with E-state index in [4.69, 9.17) is 0 Å². The average molecular weight is 325 g/mol. The van der Waals surface area contributed by atoms with E-state index >= 15 is 0 Å². The summed E-state index contributed by atoms with van der Waals surface area (Å²) in [5.41, 5.74) is 1.71. The van der Waals surface area contributed by atoms with E-state index in [-0.39, 0.29) is 24.1 Å². The zero-order valence-electron chi connectivity index (χ0n) is 13.6. The normalized spacial score (nSPS) is 18.5. The molecule has 0 radical (unpaired) electrons. The summed E-state index contributed by atoms with van der Waals surface area (Å²) in [4.78, 5) is 14.5. The Morgan fingerprint density at radius 2 is 1.96 bits per heavy atom. The van der Waals surface area contributed by atoms with Crippen LogP contribution in [0.4, 0.5) is 0 Å². The molecule has 1 amide bonds. The Morgan fingerprint density at radius 1 is 1.17 bits per heavy atom. The Bertz CT molecular complexity index is 686. The van der Waals surface area contributed by atoms with E-state index in [2.05, 4.69) is 0 Å². The summed E-state index contributed by atoms with van der Waals surface area (Å²) in [6.45, 7) is 0.740. The number of phenolic OH excluding ortho intramolecular Hbond substituents is 1. The molecule has 2 aromatic carbocycles. The fourth-order valence-electron chi connectivity index (χ4n) is 3.42. The number of benzene rings is 2. The average Bonchev–Trinajstić information content (AvgIpc) is 3.04. The van der Waals surface area contributed by atoms with Crippen LogP contribution in [0.25, 0.3) is 0 Å². The van der Waals surface area contributed by atoms with Crippen LogP contribution in [0.1, 0.15) is 36.5 Å². The molecule has 2 aromatic rings. The fraction of sp³-hybridized carbons (Fsp3) is 0.350. The SMILES string of the molecule is O=C(Cc1cccc(O)c1)N1CCCC1CC(O)c1ccccc1. The van der Waals surface area contributed by atoms with Crippen molar-refractivity contribution in [2.45, 2.75) is 37.8 Å². The van der Waals surface area contributed by atoms with Crippen molar-refractivity contribution in [3.63, 3.8) is 0 Å². The van der Waals surface area contributed by atoms with Crippen molar-refractivity contribution in [2.24, 2.45) is 0 Å². The summed E-state index contributed by atoms with van der Waals surface area (Å²) in [7, 11) is 0. The van der Waals surface area contributed by atoms with Crippen LogP contribution in [-0.2, 0) is 11.2 Å². The van der Waals surface area contributed by atoms with Crippen molar-refractivity contribution in [1.82, 2.24) is 4.90 Å². The number of rotatable bonds is 5. The highest BCUT2D eigenvalue weighted by molar-refractivity contribution is 5.79. The quantitative estimate of drug-likeness (QED) is 0.888. The van der Waals surface area contributed by atoms with Crippen LogP contribution in [0.3, 0.4) is 0 Å². The third-order valence-electron chi connectivity index (χ3n) is 4.64. The van der Waals surface area contributed by atoms with Crippen molar-refractivity contribution >= 4 is 5.91 Å². The largest absolute Gasteiger partial charge is 0.508 e. The number of hydrogen-bond donors (Lipinski definition) is 2. The van der Waals surface area contributed by atoms with Gasteiger partial charge < -0.3 is 15.1 Å². The van der Waals surface area contributed by atoms with Gasteiger partial charge in [-0.05, 0) is 42.5 Å². The Labute approximate surface area is 142 Å². The molecule has 0 spiro atoms. The topological polar surface area (TPSA) is 60.8 Å². The standard InChI is InChI=1S/C20H23NO3/c22-18-10-4-6-15(12-18)13-20(24)21-11-5-9-17(21)14-19(23)16-7-2-1-3-8-16/h1-4,6-8,10,12,17,19,22-23H,5,9,11,13-14H2. The molecule has 0 bridgehead atoms. The van der Waals surface area contributed by atoms with Crippen molar-refractivity contribution in [3.05, 3.63) is 65.7 Å². The van der Waals surface area contributed by atoms with Gasteiger partial charge in [-0.3, -0.25) is 4.79 Å². The number of likely N-dealkylation sites (tertiary alicyclic amines) is 1. The second-order valence-electron chi connectivity index (χ2n) is 6.39. The van der Waals surface area contributed by atoms with Gasteiger partial charge in [-0.1, -0.05) is 42.5 Å². The maximum atomic E-state index is 12.6. The highest BCUT2D eigenvalue weighted by atomic mass is 16.3. The van der Waals surface area contributed by atoms with Gasteiger partial charge >= 0.3 is 0 Å². The first kappa shape index (κ1) is 16.5. The highest BCUT2D eigenvalue weighted by Crippen LogP contribution is 2.28. The van der Waals surface area contributed by atoms with Gasteiger partial charge in [0.25, 0.3) is 0 Å². The van der Waals surface area contributed by atoms with Crippen molar-refractivity contribution in [2.75, 3.05) is 6.54 Å². The zero-order valence-corrected chi connectivity index (χ0v) is 13.6. The lowest BCUT2D eigenvalue weighted by molar-refractivity contribution is -0.131. The molecule has 24 heavy (non-hydrogen) atoms. The van der Waals surface area contributed by atoms with E-state index in [0.717, 1.165) is 30.5 Å². The molecule has 2 atom stereocenters. The minimum atomic E-state index is -0.551. The Morgan fingerprint density at radius 3 is 2.71 bits per heavy atom. The van der Waals surface area contributed by atoms with Crippen LogP contribution in [0, 0.1) is 0 Å². The van der Waals surface area contributed by atoms with Gasteiger partial charge in [0.05, 0.1) is 12.5 Å². The van der Waals surface area contributed by atoms with Crippen LogP contribution in [-0.4, -0.2) is 33.6 Å². The first-order valence-electron chi connectivity index (χ1n) is 8.44. The summed E-state index contributed by atoms with van der Waals surface area (Å²) in [6, 6.07) is 16.5. The van der Waals surface area contributed by atoms with E-state index in [1.165, 1.54) is 0 Å². The van der Waals surface area contributed by atoms with E-state index in [1.54, 1.807) is 18.2 Å². The molecular formula is C20H23NO3. The summed E-state index contributed by atoms with van der Waals surface area (Å²) in [5, 5.41) is 20.0. The molecule has 4 nitrogen and oxygen atoms in total. The predicted molar refractivity (Wildman–Crippen MR) is 92.6 cm³/mol. The molecule has 1 fully saturated rings. The van der Waals surface area contributed by atoms with E-state index < -0.39 is 6.10 Å². The van der Waals surface area contributed by atoms with Gasteiger partial charge in [-0.25, -0.2) is 0 Å². The van der Waals surface area contributed by atoms with Crippen LogP contribution in [0.15, 0.2) is 54.6 Å². The van der Waals surface area contributed by atoms with Gasteiger partial charge in [-0.15, -0.1) is 0 Å². The smallest absolute Gasteiger partial charge is 0.227 e. The van der Waals surface area contributed by atoms with E-state index in [9.17, 15) is 15.0 Å². The first-order valence-corrected chi connectivity index (χ1v) is 8.44. The number of carbonyl (C=O) groups is 1. The van der Waals surface area contributed by atoms with Crippen molar-refractivity contribution < 1.29 is 15.0 Å². The maximum absolute atomic E-state index is 12.6. The van der Waals surface area contributed by atoms with Gasteiger partial charge in [0.1, 0.15) is 5.75 Å². The number of aliphatic hydroxyl groups excluding tert-OH is 1. The molecule has 0 saturated carbocycles. The number of hydrogen-bond acceptors (Lipinski definition) is 3. The van der Waals surface area contributed by atoms with Crippen LogP contribution < -0.4 is 0 Å². The van der Waals surface area contributed by atoms with Gasteiger partial charge in [-0.2, -0.15) is 0 Å². The Kier molecular flexibility index (Phi) is 5.16. The van der Waals surface area contributed by atoms with Crippen LogP contribution in [0.2, 0.25) is 0 Å². The second-order valence-corrected chi connectivity index (χ2v) is 6.39. The summed E-state index contributed by atoms with van der Waals surface area (Å²) in [6.07, 6.45) is 2.20. The van der Waals surface area contributed by atoms with E-state index in [1.807, 2.05) is 41.3 Å². The summed E-state index contributed by atoms with van der Waals surface area (Å²) in [5.74, 6) is 0.237. The van der Waals surface area contributed by atoms with Crippen LogP contribution in [0.5, 0.6) is 5.75 Å². The molecule has 1 aliphatic rings. The van der Waals surface area contributed by atoms with Gasteiger partial charge in [0.15, 0.2) is 0 Å². The third-order valence-corrected chi connectivity index (χ3v) is 4.64. The molecule has 0 aromatic heterocycles. The van der Waals surface area contributed by atoms with Crippen molar-refractivity contribution in [1.29, 1.82) is 0 Å². The highest BCUT2D eigenvalue weighted by Gasteiger charge is 2.30. The second kappa shape index (κ2) is 7.49.